The predicted octanol–water partition coefficient (Wildman–Crippen LogP) is 5.86. The number of anilines is 1. The van der Waals surface area contributed by atoms with E-state index in [1.54, 1.807) is 4.52 Å². The van der Waals surface area contributed by atoms with Crippen molar-refractivity contribution in [2.24, 2.45) is 0 Å². The number of ether oxygens (including phenoxy) is 1. The molecule has 9 nitrogen and oxygen atoms in total. The van der Waals surface area contributed by atoms with Gasteiger partial charge >= 0.3 is 6.09 Å². The Morgan fingerprint density at radius 2 is 1.71 bits per heavy atom. The van der Waals surface area contributed by atoms with E-state index < -0.39 is 5.60 Å². The molecule has 5 heterocycles. The Morgan fingerprint density at radius 3 is 2.29 bits per heavy atom. The highest BCUT2D eigenvalue weighted by Crippen LogP contribution is 2.45. The summed E-state index contributed by atoms with van der Waals surface area (Å²) in [6, 6.07) is 14.6. The zero-order valence-electron chi connectivity index (χ0n) is 24.5. The minimum absolute atomic E-state index is 0.159. The molecule has 0 aliphatic carbocycles. The molecule has 9 heteroatoms. The molecule has 2 atom stereocenters. The summed E-state index contributed by atoms with van der Waals surface area (Å²) in [6.07, 6.45) is 8.00. The lowest BCUT2D eigenvalue weighted by atomic mass is 9.85. The quantitative estimate of drug-likeness (QED) is 0.323. The summed E-state index contributed by atoms with van der Waals surface area (Å²) < 4.78 is 7.50. The monoisotopic (exact) mass is 556 g/mol. The highest BCUT2D eigenvalue weighted by atomic mass is 16.6. The van der Waals surface area contributed by atoms with Crippen molar-refractivity contribution >= 4 is 17.6 Å². The second kappa shape index (κ2) is 11.5. The van der Waals surface area contributed by atoms with E-state index in [1.807, 2.05) is 62.3 Å². The van der Waals surface area contributed by atoms with E-state index in [-0.39, 0.29) is 24.1 Å². The second-order valence-corrected chi connectivity index (χ2v) is 11.7. The molecule has 41 heavy (non-hydrogen) atoms. The molecule has 216 valence electrons. The summed E-state index contributed by atoms with van der Waals surface area (Å²) in [6.45, 7) is 7.87. The molecule has 2 aliphatic heterocycles. The lowest BCUT2D eigenvalue weighted by molar-refractivity contribution is 0.00567. The predicted molar refractivity (Wildman–Crippen MR) is 160 cm³/mol. The Labute approximate surface area is 241 Å². The van der Waals surface area contributed by atoms with Gasteiger partial charge in [-0.1, -0.05) is 43.3 Å². The van der Waals surface area contributed by atoms with Crippen molar-refractivity contribution in [2.45, 2.75) is 83.4 Å². The fourth-order valence-corrected chi connectivity index (χ4v) is 6.32. The summed E-state index contributed by atoms with van der Waals surface area (Å²) in [5.74, 6) is 0.865. The summed E-state index contributed by atoms with van der Waals surface area (Å²) in [5.41, 5.74) is 12.9. The average molecular weight is 557 g/mol. The van der Waals surface area contributed by atoms with Crippen LogP contribution in [0.1, 0.15) is 70.6 Å². The largest absolute Gasteiger partial charge is 0.444 e. The van der Waals surface area contributed by atoms with Crippen molar-refractivity contribution in [1.82, 2.24) is 24.5 Å². The van der Waals surface area contributed by atoms with Crippen molar-refractivity contribution in [3.05, 3.63) is 66.1 Å². The van der Waals surface area contributed by atoms with E-state index in [0.717, 1.165) is 78.5 Å². The Morgan fingerprint density at radius 1 is 1.02 bits per heavy atom. The molecule has 6 rings (SSSR count). The Kier molecular flexibility index (Phi) is 8.00. The Hall–Kier alpha value is -3.98. The highest BCUT2D eigenvalue weighted by molar-refractivity contribution is 5.79. The number of pyridine rings is 1. The first-order valence-electron chi connectivity index (χ1n) is 14.4. The first-order valence-corrected chi connectivity index (χ1v) is 14.4. The molecule has 2 saturated heterocycles. The van der Waals surface area contributed by atoms with Gasteiger partial charge in [0.2, 0.25) is 0 Å². The number of piperidine rings is 1. The fourth-order valence-electron chi connectivity index (χ4n) is 6.32. The van der Waals surface area contributed by atoms with Crippen molar-refractivity contribution in [3.63, 3.8) is 0 Å². The molecule has 3 aromatic heterocycles. The van der Waals surface area contributed by atoms with Gasteiger partial charge in [-0.15, -0.1) is 0 Å². The van der Waals surface area contributed by atoms with Gasteiger partial charge in [-0.2, -0.15) is 9.61 Å². The number of nitrogen functional groups attached to an aromatic ring is 1. The van der Waals surface area contributed by atoms with E-state index in [9.17, 15) is 4.79 Å². The van der Waals surface area contributed by atoms with Crippen LogP contribution in [0.2, 0.25) is 0 Å². The molecule has 0 saturated carbocycles. The van der Waals surface area contributed by atoms with Crippen LogP contribution in [0.25, 0.3) is 28.0 Å². The van der Waals surface area contributed by atoms with Gasteiger partial charge in [0.1, 0.15) is 11.4 Å². The summed E-state index contributed by atoms with van der Waals surface area (Å²) in [5, 5.41) is 11.6. The number of carbonyl (C=O) groups excluding carboxylic acids is 1. The van der Waals surface area contributed by atoms with Crippen molar-refractivity contribution in [3.8, 4) is 22.4 Å². The van der Waals surface area contributed by atoms with Gasteiger partial charge in [-0.3, -0.25) is 4.98 Å². The number of aliphatic hydroxyl groups is 1. The number of nitrogens with two attached hydrogens (primary N) is 1. The van der Waals surface area contributed by atoms with Crippen LogP contribution in [-0.2, 0) is 11.2 Å². The molecular formula is C32H40N6O3. The van der Waals surface area contributed by atoms with Crippen LogP contribution < -0.4 is 5.73 Å². The van der Waals surface area contributed by atoms with Gasteiger partial charge < -0.3 is 20.5 Å². The first kappa shape index (κ1) is 28.5. The van der Waals surface area contributed by atoms with Crippen LogP contribution in [0.5, 0.6) is 0 Å². The number of nitrogens with zero attached hydrogens (tertiary/aromatic N) is 5. The minimum Gasteiger partial charge on any atom is -0.444 e. The summed E-state index contributed by atoms with van der Waals surface area (Å²) in [7, 11) is 1.00. The van der Waals surface area contributed by atoms with Crippen LogP contribution in [0.15, 0.2) is 54.9 Å². The third kappa shape index (κ3) is 5.51. The van der Waals surface area contributed by atoms with Crippen molar-refractivity contribution in [2.75, 3.05) is 12.8 Å². The SMILES string of the molecule is CCc1c(C2CC3CCC(C2)N3C(=O)OC(C)(C)C)nc2c(-c3ccc(-c4ccccc4)nc3)cnn2c1N.CO. The first-order chi connectivity index (χ1) is 19.7. The van der Waals surface area contributed by atoms with Crippen LogP contribution in [0.3, 0.4) is 0 Å². The number of benzene rings is 1. The molecule has 2 bridgehead atoms. The summed E-state index contributed by atoms with van der Waals surface area (Å²) in [4.78, 5) is 24.9. The van der Waals surface area contributed by atoms with Gasteiger partial charge in [0, 0.05) is 53.6 Å². The minimum atomic E-state index is -0.504. The van der Waals surface area contributed by atoms with Gasteiger partial charge in [-0.05, 0) is 58.9 Å². The molecule has 3 N–H and O–H groups in total. The molecule has 2 aliphatic rings. The number of aromatic nitrogens is 4. The number of fused-ring (bicyclic) bond motifs is 3. The summed E-state index contributed by atoms with van der Waals surface area (Å²) >= 11 is 0. The maximum Gasteiger partial charge on any atom is 0.410 e. The number of rotatable bonds is 4. The van der Waals surface area contributed by atoms with Crippen molar-refractivity contribution < 1.29 is 14.6 Å². The highest BCUT2D eigenvalue weighted by Gasteiger charge is 2.46. The Bertz CT molecular complexity index is 1500. The smallest absolute Gasteiger partial charge is 0.410 e. The normalized spacial score (nSPS) is 20.0. The second-order valence-electron chi connectivity index (χ2n) is 11.7. The zero-order valence-corrected chi connectivity index (χ0v) is 24.5. The lowest BCUT2D eigenvalue weighted by Crippen LogP contribution is -2.48. The molecule has 0 radical (unpaired) electrons. The molecule has 2 fully saturated rings. The molecule has 4 aromatic rings. The fraction of sp³-hybridized carbons (Fsp3) is 0.438. The molecular weight excluding hydrogens is 516 g/mol. The standard InChI is InChI=1S/C31H36N6O2.CH4O/c1-5-24-27(21-15-22-12-13-23(16-21)36(22)30(38)39-31(2,3)4)35-29-25(18-34-37(29)28(24)32)20-11-14-26(33-17-20)19-9-7-6-8-10-19;1-2/h6-11,14,17-18,21-23H,5,12-13,15-16,32H2,1-4H3;2H,1H3. The number of hydrogen-bond donors (Lipinski definition) is 2. The lowest BCUT2D eigenvalue weighted by Gasteiger charge is -2.39. The van der Waals surface area contributed by atoms with Crippen LogP contribution in [0.4, 0.5) is 10.6 Å². The van der Waals surface area contributed by atoms with E-state index in [4.69, 9.17) is 25.5 Å². The third-order valence-corrected chi connectivity index (χ3v) is 8.04. The van der Waals surface area contributed by atoms with E-state index in [1.165, 1.54) is 0 Å². The van der Waals surface area contributed by atoms with E-state index >= 15 is 0 Å². The van der Waals surface area contributed by atoms with Gasteiger partial charge in [0.15, 0.2) is 5.65 Å². The zero-order chi connectivity index (χ0) is 29.3. The number of hydrogen-bond acceptors (Lipinski definition) is 7. The topological polar surface area (TPSA) is 119 Å². The molecule has 2 unspecified atom stereocenters. The van der Waals surface area contributed by atoms with Crippen LogP contribution in [-0.4, -0.2) is 60.5 Å². The van der Waals surface area contributed by atoms with Gasteiger partial charge in [0.25, 0.3) is 0 Å². The van der Waals surface area contributed by atoms with E-state index in [2.05, 4.69) is 30.2 Å². The van der Waals surface area contributed by atoms with Crippen LogP contribution in [0, 0.1) is 0 Å². The van der Waals surface area contributed by atoms with Gasteiger partial charge in [-0.25, -0.2) is 9.78 Å². The third-order valence-electron chi connectivity index (χ3n) is 8.04. The molecule has 0 spiro atoms. The molecule has 1 amide bonds. The number of amides is 1. The van der Waals surface area contributed by atoms with Crippen LogP contribution >= 0.6 is 0 Å². The average Bonchev–Trinajstić information content (AvgIpc) is 3.52. The van der Waals surface area contributed by atoms with Gasteiger partial charge in [0.05, 0.1) is 17.6 Å². The van der Waals surface area contributed by atoms with Crippen molar-refractivity contribution in [1.29, 1.82) is 0 Å². The molecule has 1 aromatic carbocycles. The maximum absolute atomic E-state index is 13.0. The number of carbonyl (C=O) groups is 1. The Balaban J connectivity index is 0.00000165. The maximum atomic E-state index is 13.0. The number of aliphatic hydroxyl groups excluding tert-OH is 1. The van der Waals surface area contributed by atoms with E-state index in [0.29, 0.717) is 5.82 Å².